The molecule has 1 aromatic rings. The van der Waals surface area contributed by atoms with E-state index in [1.807, 2.05) is 12.1 Å². The first-order valence-electron chi connectivity index (χ1n) is 6.02. The Bertz CT molecular complexity index is 342. The molecule has 1 aromatic heterocycles. The van der Waals surface area contributed by atoms with Crippen molar-refractivity contribution in [3.8, 4) is 5.75 Å². The van der Waals surface area contributed by atoms with Gasteiger partial charge in [-0.1, -0.05) is 13.3 Å². The molecule has 1 saturated carbocycles. The van der Waals surface area contributed by atoms with Gasteiger partial charge in [0.05, 0.1) is 7.11 Å². The second kappa shape index (κ2) is 4.73. The molecule has 3 nitrogen and oxygen atoms in total. The van der Waals surface area contributed by atoms with Gasteiger partial charge in [-0.05, 0) is 36.8 Å². The van der Waals surface area contributed by atoms with Crippen molar-refractivity contribution in [3.05, 3.63) is 18.3 Å². The lowest BCUT2D eigenvalue weighted by atomic mass is 9.67. The van der Waals surface area contributed by atoms with Gasteiger partial charge < -0.3 is 10.1 Å². The van der Waals surface area contributed by atoms with Gasteiger partial charge in [0, 0.05) is 12.7 Å². The summed E-state index contributed by atoms with van der Waals surface area (Å²) in [6, 6.07) is 3.83. The zero-order valence-corrected chi connectivity index (χ0v) is 10.1. The van der Waals surface area contributed by atoms with E-state index in [1.165, 1.54) is 25.7 Å². The van der Waals surface area contributed by atoms with Crippen molar-refractivity contribution in [1.82, 2.24) is 4.98 Å². The summed E-state index contributed by atoms with van der Waals surface area (Å²) < 4.78 is 5.27. The molecule has 0 radical (unpaired) electrons. The Morgan fingerprint density at radius 2 is 2.31 bits per heavy atom. The fraction of sp³-hybridized carbons (Fsp3) is 0.615. The van der Waals surface area contributed by atoms with E-state index in [2.05, 4.69) is 17.2 Å². The van der Waals surface area contributed by atoms with Gasteiger partial charge in [0.2, 0.25) is 0 Å². The topological polar surface area (TPSA) is 34.2 Å². The monoisotopic (exact) mass is 220 g/mol. The first kappa shape index (κ1) is 11.2. The van der Waals surface area contributed by atoms with E-state index in [-0.39, 0.29) is 0 Å². The molecule has 0 atom stereocenters. The summed E-state index contributed by atoms with van der Waals surface area (Å²) in [5.41, 5.74) is 0.503. The Morgan fingerprint density at radius 3 is 2.88 bits per heavy atom. The molecule has 1 aliphatic rings. The largest absolute Gasteiger partial charge is 0.493 e. The molecule has 0 spiro atoms. The van der Waals surface area contributed by atoms with Gasteiger partial charge in [0.25, 0.3) is 0 Å². The molecule has 1 fully saturated rings. The lowest BCUT2D eigenvalue weighted by molar-refractivity contribution is 0.145. The van der Waals surface area contributed by atoms with E-state index in [0.717, 1.165) is 18.1 Å². The highest BCUT2D eigenvalue weighted by atomic mass is 16.5. The number of nitrogens with one attached hydrogen (secondary N) is 1. The molecule has 1 aliphatic carbocycles. The van der Waals surface area contributed by atoms with Crippen molar-refractivity contribution in [2.45, 2.75) is 32.6 Å². The summed E-state index contributed by atoms with van der Waals surface area (Å²) in [4.78, 5) is 4.31. The van der Waals surface area contributed by atoms with Gasteiger partial charge in [-0.25, -0.2) is 4.98 Å². The highest BCUT2D eigenvalue weighted by Crippen LogP contribution is 2.43. The van der Waals surface area contributed by atoms with Crippen LogP contribution >= 0.6 is 0 Å². The molecule has 0 unspecified atom stereocenters. The van der Waals surface area contributed by atoms with E-state index < -0.39 is 0 Å². The smallest absolute Gasteiger partial charge is 0.168 e. The average molecular weight is 220 g/mol. The van der Waals surface area contributed by atoms with Crippen molar-refractivity contribution in [2.24, 2.45) is 5.41 Å². The van der Waals surface area contributed by atoms with Crippen LogP contribution in [0.3, 0.4) is 0 Å². The van der Waals surface area contributed by atoms with Crippen molar-refractivity contribution < 1.29 is 4.74 Å². The zero-order valence-electron chi connectivity index (χ0n) is 10.1. The third-order valence-corrected chi connectivity index (χ3v) is 3.79. The molecule has 2 rings (SSSR count). The fourth-order valence-corrected chi connectivity index (χ4v) is 2.29. The minimum Gasteiger partial charge on any atom is -0.493 e. The van der Waals surface area contributed by atoms with Crippen molar-refractivity contribution in [2.75, 3.05) is 19.0 Å². The Balaban J connectivity index is 1.98. The number of hydrogen-bond acceptors (Lipinski definition) is 3. The summed E-state index contributed by atoms with van der Waals surface area (Å²) >= 11 is 0. The van der Waals surface area contributed by atoms with Crippen molar-refractivity contribution >= 4 is 5.82 Å². The molecule has 1 N–H and O–H groups in total. The van der Waals surface area contributed by atoms with Crippen LogP contribution in [0, 0.1) is 5.41 Å². The van der Waals surface area contributed by atoms with E-state index in [0.29, 0.717) is 5.41 Å². The van der Waals surface area contributed by atoms with Crippen LogP contribution in [0.1, 0.15) is 32.6 Å². The Hall–Kier alpha value is -1.25. The van der Waals surface area contributed by atoms with Crippen LogP contribution in [-0.2, 0) is 0 Å². The Morgan fingerprint density at radius 1 is 1.50 bits per heavy atom. The molecule has 0 aromatic carbocycles. The summed E-state index contributed by atoms with van der Waals surface area (Å²) in [5, 5.41) is 3.42. The van der Waals surface area contributed by atoms with Crippen LogP contribution in [0.4, 0.5) is 5.82 Å². The van der Waals surface area contributed by atoms with Crippen molar-refractivity contribution in [1.29, 1.82) is 0 Å². The van der Waals surface area contributed by atoms with Gasteiger partial charge in [0.15, 0.2) is 11.6 Å². The van der Waals surface area contributed by atoms with Gasteiger partial charge in [-0.2, -0.15) is 0 Å². The van der Waals surface area contributed by atoms with Gasteiger partial charge >= 0.3 is 0 Å². The number of methoxy groups -OCH3 is 1. The quantitative estimate of drug-likeness (QED) is 0.828. The normalized spacial score (nSPS) is 17.6. The summed E-state index contributed by atoms with van der Waals surface area (Å²) in [6.07, 6.45) is 7.09. The zero-order chi connectivity index (χ0) is 11.4. The molecule has 0 amide bonds. The third-order valence-electron chi connectivity index (χ3n) is 3.79. The predicted molar refractivity (Wildman–Crippen MR) is 65.9 cm³/mol. The van der Waals surface area contributed by atoms with Crippen LogP contribution in [-0.4, -0.2) is 18.6 Å². The van der Waals surface area contributed by atoms with Crippen LogP contribution in [0.5, 0.6) is 5.75 Å². The molecule has 0 aliphatic heterocycles. The molecule has 0 saturated heterocycles. The number of aromatic nitrogens is 1. The van der Waals surface area contributed by atoms with Gasteiger partial charge in [-0.3, -0.25) is 0 Å². The Labute approximate surface area is 97.2 Å². The highest BCUT2D eigenvalue weighted by Gasteiger charge is 2.34. The van der Waals surface area contributed by atoms with Crippen LogP contribution in [0.15, 0.2) is 18.3 Å². The second-order valence-electron chi connectivity index (χ2n) is 4.61. The van der Waals surface area contributed by atoms with E-state index in [4.69, 9.17) is 4.74 Å². The molecule has 0 bridgehead atoms. The number of hydrogen-bond donors (Lipinski definition) is 1. The highest BCUT2D eigenvalue weighted by molar-refractivity contribution is 5.49. The van der Waals surface area contributed by atoms with Gasteiger partial charge in [0.1, 0.15) is 0 Å². The minimum absolute atomic E-state index is 0.503. The van der Waals surface area contributed by atoms with E-state index >= 15 is 0 Å². The number of rotatable bonds is 5. The number of ether oxygens (including phenoxy) is 1. The van der Waals surface area contributed by atoms with Crippen LogP contribution in [0.25, 0.3) is 0 Å². The maximum absolute atomic E-state index is 5.27. The van der Waals surface area contributed by atoms with Gasteiger partial charge in [-0.15, -0.1) is 0 Å². The average Bonchev–Trinajstić information content (AvgIpc) is 2.29. The molecular formula is C13H20N2O. The molecule has 1 heterocycles. The summed E-state index contributed by atoms with van der Waals surface area (Å²) in [6.45, 7) is 3.29. The van der Waals surface area contributed by atoms with Crippen LogP contribution < -0.4 is 10.1 Å². The van der Waals surface area contributed by atoms with Crippen LogP contribution in [0.2, 0.25) is 0 Å². The third kappa shape index (κ3) is 2.13. The predicted octanol–water partition coefficient (Wildman–Crippen LogP) is 3.08. The molecule has 88 valence electrons. The maximum Gasteiger partial charge on any atom is 0.168 e. The lowest BCUT2D eigenvalue weighted by Gasteiger charge is -2.41. The molecule has 16 heavy (non-hydrogen) atoms. The molecule has 3 heteroatoms. The van der Waals surface area contributed by atoms with E-state index in [9.17, 15) is 0 Å². The maximum atomic E-state index is 5.27. The van der Waals surface area contributed by atoms with Crippen molar-refractivity contribution in [3.63, 3.8) is 0 Å². The minimum atomic E-state index is 0.503. The Kier molecular flexibility index (Phi) is 3.32. The lowest BCUT2D eigenvalue weighted by Crippen LogP contribution is -2.36. The standard InChI is InChI=1S/C13H20N2O/c1-3-13(7-5-8-13)10-15-12-11(16-2)6-4-9-14-12/h4,6,9H,3,5,7-8,10H2,1-2H3,(H,14,15). The first-order valence-corrected chi connectivity index (χ1v) is 6.02. The summed E-state index contributed by atoms with van der Waals surface area (Å²) in [5.74, 6) is 1.69. The fourth-order valence-electron chi connectivity index (χ4n) is 2.29. The first-order chi connectivity index (χ1) is 7.79. The number of anilines is 1. The second-order valence-corrected chi connectivity index (χ2v) is 4.61. The number of pyridine rings is 1. The number of nitrogens with zero attached hydrogens (tertiary/aromatic N) is 1. The van der Waals surface area contributed by atoms with E-state index in [1.54, 1.807) is 13.3 Å². The SMILES string of the molecule is CCC1(CNc2ncccc2OC)CCC1. The summed E-state index contributed by atoms with van der Waals surface area (Å²) in [7, 11) is 1.68. The molecular weight excluding hydrogens is 200 g/mol.